The molecule has 0 aliphatic rings. The van der Waals surface area contributed by atoms with Gasteiger partial charge in [0.05, 0.1) is 6.61 Å². The van der Waals surface area contributed by atoms with Crippen LogP contribution < -0.4 is 10.1 Å². The van der Waals surface area contributed by atoms with E-state index in [-0.39, 0.29) is 0 Å². The molecule has 0 aliphatic carbocycles. The highest BCUT2D eigenvalue weighted by Crippen LogP contribution is 2.19. The molecule has 0 radical (unpaired) electrons. The van der Waals surface area contributed by atoms with Gasteiger partial charge in [-0.15, -0.1) is 0 Å². The van der Waals surface area contributed by atoms with Crippen molar-refractivity contribution in [3.05, 3.63) is 28.7 Å². The molecule has 1 N–H and O–H groups in total. The molecule has 1 aromatic carbocycles. The summed E-state index contributed by atoms with van der Waals surface area (Å²) in [5.74, 6) is 2.38. The molecule has 0 bridgehead atoms. The molecule has 1 atom stereocenters. The second kappa shape index (κ2) is 8.54. The van der Waals surface area contributed by atoms with Crippen LogP contribution in [-0.2, 0) is 0 Å². The fourth-order valence-electron chi connectivity index (χ4n) is 2.16. The predicted octanol–water partition coefficient (Wildman–Crippen LogP) is 4.10. The highest BCUT2D eigenvalue weighted by molar-refractivity contribution is 9.10. The van der Waals surface area contributed by atoms with E-state index in [2.05, 4.69) is 35.1 Å². The lowest BCUT2D eigenvalue weighted by Gasteiger charge is -2.18. The summed E-state index contributed by atoms with van der Waals surface area (Å²) in [6.07, 6.45) is 2.36. The second-order valence-electron chi connectivity index (χ2n) is 5.15. The Balaban J connectivity index is 2.33. The fourth-order valence-corrected chi connectivity index (χ4v) is 2.54. The fraction of sp³-hybridized carbons (Fsp3) is 0.600. The Morgan fingerprint density at radius 2 is 2.11 bits per heavy atom. The molecule has 1 unspecified atom stereocenters. The Bertz CT molecular complexity index is 341. The summed E-state index contributed by atoms with van der Waals surface area (Å²) in [7, 11) is 2.02. The Kier molecular flexibility index (Phi) is 7.36. The van der Waals surface area contributed by atoms with Gasteiger partial charge in [0, 0.05) is 4.47 Å². The molecule has 0 heterocycles. The number of ether oxygens (including phenoxy) is 1. The third-order valence-corrected chi connectivity index (χ3v) is 3.38. The van der Waals surface area contributed by atoms with Crippen molar-refractivity contribution in [1.29, 1.82) is 0 Å². The van der Waals surface area contributed by atoms with Crippen molar-refractivity contribution in [3.8, 4) is 5.75 Å². The summed E-state index contributed by atoms with van der Waals surface area (Å²) in [4.78, 5) is 0. The van der Waals surface area contributed by atoms with E-state index in [0.717, 1.165) is 35.7 Å². The average molecular weight is 314 g/mol. The van der Waals surface area contributed by atoms with Crippen molar-refractivity contribution in [2.75, 3.05) is 20.2 Å². The van der Waals surface area contributed by atoms with Crippen molar-refractivity contribution in [3.63, 3.8) is 0 Å². The van der Waals surface area contributed by atoms with E-state index in [4.69, 9.17) is 4.74 Å². The van der Waals surface area contributed by atoms with Crippen LogP contribution in [0.5, 0.6) is 5.75 Å². The summed E-state index contributed by atoms with van der Waals surface area (Å²) in [6, 6.07) is 8.02. The Morgan fingerprint density at radius 1 is 1.33 bits per heavy atom. The van der Waals surface area contributed by atoms with Crippen molar-refractivity contribution < 1.29 is 4.74 Å². The molecule has 0 saturated carbocycles. The molecule has 102 valence electrons. The SMILES string of the molecule is CNCC(CCOc1cccc(Br)c1)CC(C)C. The van der Waals surface area contributed by atoms with E-state index in [1.807, 2.05) is 31.3 Å². The summed E-state index contributed by atoms with van der Waals surface area (Å²) in [6.45, 7) is 6.41. The third kappa shape index (κ3) is 6.41. The van der Waals surface area contributed by atoms with Crippen LogP contribution in [0.1, 0.15) is 26.7 Å². The number of nitrogens with one attached hydrogen (secondary N) is 1. The minimum atomic E-state index is 0.696. The molecule has 1 aromatic rings. The van der Waals surface area contributed by atoms with Gasteiger partial charge in [0.25, 0.3) is 0 Å². The minimum absolute atomic E-state index is 0.696. The zero-order valence-electron chi connectivity index (χ0n) is 11.6. The second-order valence-corrected chi connectivity index (χ2v) is 6.06. The van der Waals surface area contributed by atoms with Gasteiger partial charge in [-0.05, 0) is 56.5 Å². The Morgan fingerprint density at radius 3 is 2.72 bits per heavy atom. The average Bonchev–Trinajstić information content (AvgIpc) is 2.28. The smallest absolute Gasteiger partial charge is 0.120 e. The largest absolute Gasteiger partial charge is 0.494 e. The molecule has 1 rings (SSSR count). The van der Waals surface area contributed by atoms with Gasteiger partial charge in [-0.2, -0.15) is 0 Å². The molecular weight excluding hydrogens is 290 g/mol. The van der Waals surface area contributed by atoms with Gasteiger partial charge in [-0.3, -0.25) is 0 Å². The summed E-state index contributed by atoms with van der Waals surface area (Å²) in [5, 5.41) is 3.27. The van der Waals surface area contributed by atoms with E-state index in [9.17, 15) is 0 Å². The van der Waals surface area contributed by atoms with Crippen LogP contribution in [-0.4, -0.2) is 20.2 Å². The van der Waals surface area contributed by atoms with E-state index in [1.165, 1.54) is 6.42 Å². The Hall–Kier alpha value is -0.540. The molecular formula is C15H24BrNO. The third-order valence-electron chi connectivity index (χ3n) is 2.89. The molecule has 3 heteroatoms. The first kappa shape index (κ1) is 15.5. The van der Waals surface area contributed by atoms with E-state index >= 15 is 0 Å². The van der Waals surface area contributed by atoms with Crippen molar-refractivity contribution in [2.45, 2.75) is 26.7 Å². The monoisotopic (exact) mass is 313 g/mol. The lowest BCUT2D eigenvalue weighted by Crippen LogP contribution is -2.22. The number of halogens is 1. The standard InChI is InChI=1S/C15H24BrNO/c1-12(2)9-13(11-17-3)7-8-18-15-6-4-5-14(16)10-15/h4-6,10,12-13,17H,7-9,11H2,1-3H3. The molecule has 0 amide bonds. The maximum Gasteiger partial charge on any atom is 0.120 e. The zero-order valence-corrected chi connectivity index (χ0v) is 13.2. The van der Waals surface area contributed by atoms with Crippen LogP contribution >= 0.6 is 15.9 Å². The number of hydrogen-bond acceptors (Lipinski definition) is 2. The van der Waals surface area contributed by atoms with E-state index in [0.29, 0.717) is 5.92 Å². The number of hydrogen-bond donors (Lipinski definition) is 1. The first-order valence-electron chi connectivity index (χ1n) is 6.64. The Labute approximate surface area is 119 Å². The van der Waals surface area contributed by atoms with Crippen LogP contribution in [0, 0.1) is 11.8 Å². The van der Waals surface area contributed by atoms with E-state index < -0.39 is 0 Å². The van der Waals surface area contributed by atoms with Crippen molar-refractivity contribution >= 4 is 15.9 Å². The zero-order chi connectivity index (χ0) is 13.4. The molecule has 0 aliphatic heterocycles. The maximum absolute atomic E-state index is 5.79. The number of rotatable bonds is 8. The van der Waals surface area contributed by atoms with Crippen molar-refractivity contribution in [1.82, 2.24) is 5.32 Å². The van der Waals surface area contributed by atoms with Gasteiger partial charge in [0.1, 0.15) is 5.75 Å². The first-order chi connectivity index (χ1) is 8.61. The molecule has 0 aromatic heterocycles. The van der Waals surface area contributed by atoms with Gasteiger partial charge in [0.15, 0.2) is 0 Å². The van der Waals surface area contributed by atoms with Gasteiger partial charge in [0.2, 0.25) is 0 Å². The van der Waals surface area contributed by atoms with Gasteiger partial charge in [-0.25, -0.2) is 0 Å². The lowest BCUT2D eigenvalue weighted by molar-refractivity contribution is 0.259. The highest BCUT2D eigenvalue weighted by atomic mass is 79.9. The summed E-state index contributed by atoms with van der Waals surface area (Å²) < 4.78 is 6.85. The first-order valence-corrected chi connectivity index (χ1v) is 7.44. The molecule has 0 fully saturated rings. The van der Waals surface area contributed by atoms with Crippen molar-refractivity contribution in [2.24, 2.45) is 11.8 Å². The predicted molar refractivity (Wildman–Crippen MR) is 81.1 cm³/mol. The van der Waals surface area contributed by atoms with Crippen LogP contribution in [0.25, 0.3) is 0 Å². The van der Waals surface area contributed by atoms with Gasteiger partial charge >= 0.3 is 0 Å². The summed E-state index contributed by atoms with van der Waals surface area (Å²) >= 11 is 3.45. The molecule has 18 heavy (non-hydrogen) atoms. The van der Waals surface area contributed by atoms with Gasteiger partial charge < -0.3 is 10.1 Å². The topological polar surface area (TPSA) is 21.3 Å². The molecule has 0 spiro atoms. The molecule has 0 saturated heterocycles. The molecule has 2 nitrogen and oxygen atoms in total. The maximum atomic E-state index is 5.79. The number of benzene rings is 1. The van der Waals surface area contributed by atoms with Crippen LogP contribution in [0.2, 0.25) is 0 Å². The summed E-state index contributed by atoms with van der Waals surface area (Å²) in [5.41, 5.74) is 0. The minimum Gasteiger partial charge on any atom is -0.494 e. The van der Waals surface area contributed by atoms with Crippen LogP contribution in [0.4, 0.5) is 0 Å². The lowest BCUT2D eigenvalue weighted by atomic mass is 9.94. The van der Waals surface area contributed by atoms with E-state index in [1.54, 1.807) is 0 Å². The quantitative estimate of drug-likeness (QED) is 0.780. The van der Waals surface area contributed by atoms with Crippen LogP contribution in [0.3, 0.4) is 0 Å². The van der Waals surface area contributed by atoms with Crippen LogP contribution in [0.15, 0.2) is 28.7 Å². The normalized spacial score (nSPS) is 12.7. The highest BCUT2D eigenvalue weighted by Gasteiger charge is 2.10. The van der Waals surface area contributed by atoms with Gasteiger partial charge in [-0.1, -0.05) is 35.8 Å².